The van der Waals surface area contributed by atoms with Crippen molar-refractivity contribution in [2.24, 2.45) is 0 Å². The van der Waals surface area contributed by atoms with Crippen LogP contribution in [-0.2, 0) is 9.47 Å². The Hall–Kier alpha value is -1.78. The van der Waals surface area contributed by atoms with Gasteiger partial charge in [0.15, 0.2) is 0 Å². The Morgan fingerprint density at radius 2 is 1.11 bits per heavy atom. The summed E-state index contributed by atoms with van der Waals surface area (Å²) < 4.78 is 21.7. The highest BCUT2D eigenvalue weighted by Gasteiger charge is 2.38. The Labute approximate surface area is 165 Å². The van der Waals surface area contributed by atoms with Crippen molar-refractivity contribution >= 4 is 0 Å². The summed E-state index contributed by atoms with van der Waals surface area (Å²) in [5, 5.41) is 0. The second-order valence-electron chi connectivity index (χ2n) is 7.25. The van der Waals surface area contributed by atoms with Gasteiger partial charge >= 0.3 is 0 Å². The molecule has 0 spiro atoms. The minimum atomic E-state index is -0.312. The first-order valence-electron chi connectivity index (χ1n) is 9.22. The SMILES string of the molecule is COC1C(C)=CC=C(C)C1(C)OC.COc1c(C)c(C)c(OC)c(C)c1C. The molecule has 0 bridgehead atoms. The van der Waals surface area contributed by atoms with Gasteiger partial charge in [0.1, 0.15) is 23.2 Å². The van der Waals surface area contributed by atoms with Crippen LogP contribution in [0.4, 0.5) is 0 Å². The topological polar surface area (TPSA) is 36.9 Å². The summed E-state index contributed by atoms with van der Waals surface area (Å²) in [6.45, 7) is 14.4. The lowest BCUT2D eigenvalue weighted by Gasteiger charge is -2.39. The van der Waals surface area contributed by atoms with Gasteiger partial charge in [0, 0.05) is 14.2 Å². The van der Waals surface area contributed by atoms with Crippen molar-refractivity contribution in [1.29, 1.82) is 0 Å². The van der Waals surface area contributed by atoms with Gasteiger partial charge in [-0.25, -0.2) is 0 Å². The molecule has 1 aromatic rings. The van der Waals surface area contributed by atoms with E-state index in [1.807, 2.05) is 0 Å². The highest BCUT2D eigenvalue weighted by Crippen LogP contribution is 2.36. The first-order chi connectivity index (χ1) is 12.6. The van der Waals surface area contributed by atoms with E-state index >= 15 is 0 Å². The molecular formula is C23H36O4. The van der Waals surface area contributed by atoms with Crippen molar-refractivity contribution < 1.29 is 18.9 Å². The Bertz CT molecular complexity index is 666. The van der Waals surface area contributed by atoms with Crippen molar-refractivity contribution in [3.63, 3.8) is 0 Å². The van der Waals surface area contributed by atoms with Gasteiger partial charge < -0.3 is 18.9 Å². The molecule has 2 unspecified atom stereocenters. The molecule has 2 rings (SSSR count). The molecule has 1 aliphatic carbocycles. The van der Waals surface area contributed by atoms with Crippen LogP contribution in [0.3, 0.4) is 0 Å². The zero-order chi connectivity index (χ0) is 20.9. The highest BCUT2D eigenvalue weighted by molar-refractivity contribution is 5.57. The van der Waals surface area contributed by atoms with Gasteiger partial charge in [-0.3, -0.25) is 0 Å². The van der Waals surface area contributed by atoms with Crippen LogP contribution in [0.25, 0.3) is 0 Å². The van der Waals surface area contributed by atoms with Crippen molar-refractivity contribution in [3.05, 3.63) is 45.6 Å². The Morgan fingerprint density at radius 1 is 0.704 bits per heavy atom. The normalized spacial score (nSPS) is 21.7. The number of ether oxygens (including phenoxy) is 4. The molecule has 0 aliphatic heterocycles. The van der Waals surface area contributed by atoms with Gasteiger partial charge in [-0.2, -0.15) is 0 Å². The minimum Gasteiger partial charge on any atom is -0.496 e. The molecule has 0 aromatic heterocycles. The summed E-state index contributed by atoms with van der Waals surface area (Å²) in [5.74, 6) is 1.95. The van der Waals surface area contributed by atoms with Gasteiger partial charge in [0.05, 0.1) is 14.2 Å². The smallest absolute Gasteiger partial charge is 0.125 e. The summed E-state index contributed by atoms with van der Waals surface area (Å²) in [6.07, 6.45) is 4.21. The van der Waals surface area contributed by atoms with Crippen LogP contribution in [0, 0.1) is 27.7 Å². The van der Waals surface area contributed by atoms with Crippen LogP contribution in [0.1, 0.15) is 43.0 Å². The first-order valence-corrected chi connectivity index (χ1v) is 9.22. The van der Waals surface area contributed by atoms with Crippen LogP contribution in [0.2, 0.25) is 0 Å². The zero-order valence-electron chi connectivity index (χ0n) is 18.9. The van der Waals surface area contributed by atoms with Crippen LogP contribution in [0.5, 0.6) is 11.5 Å². The third kappa shape index (κ3) is 4.39. The molecule has 0 heterocycles. The van der Waals surface area contributed by atoms with Gasteiger partial charge in [0.25, 0.3) is 0 Å². The van der Waals surface area contributed by atoms with Crippen molar-refractivity contribution in [2.75, 3.05) is 28.4 Å². The maximum atomic E-state index is 5.53. The number of methoxy groups -OCH3 is 4. The van der Waals surface area contributed by atoms with E-state index < -0.39 is 0 Å². The Kier molecular flexibility index (Phi) is 8.12. The van der Waals surface area contributed by atoms with Crippen molar-refractivity contribution in [3.8, 4) is 11.5 Å². The Balaban J connectivity index is 0.000000271. The minimum absolute atomic E-state index is 0.0301. The Morgan fingerprint density at radius 3 is 1.37 bits per heavy atom. The van der Waals surface area contributed by atoms with E-state index in [1.165, 1.54) is 11.1 Å². The largest absolute Gasteiger partial charge is 0.496 e. The molecule has 4 nitrogen and oxygen atoms in total. The van der Waals surface area contributed by atoms with Gasteiger partial charge in [-0.15, -0.1) is 0 Å². The molecule has 0 saturated carbocycles. The average molecular weight is 377 g/mol. The summed E-state index contributed by atoms with van der Waals surface area (Å²) in [6, 6.07) is 0. The molecular weight excluding hydrogens is 340 g/mol. The number of allylic oxidation sites excluding steroid dienone is 2. The van der Waals surface area contributed by atoms with E-state index in [0.29, 0.717) is 0 Å². The van der Waals surface area contributed by atoms with Crippen molar-refractivity contribution in [2.45, 2.75) is 60.2 Å². The lowest BCUT2D eigenvalue weighted by molar-refractivity contribution is -0.0670. The molecule has 4 heteroatoms. The first kappa shape index (κ1) is 23.3. The summed E-state index contributed by atoms with van der Waals surface area (Å²) in [4.78, 5) is 0. The number of rotatable bonds is 4. The fraction of sp³-hybridized carbons (Fsp3) is 0.565. The fourth-order valence-corrected chi connectivity index (χ4v) is 3.69. The van der Waals surface area contributed by atoms with E-state index in [1.54, 1.807) is 28.4 Å². The van der Waals surface area contributed by atoms with Gasteiger partial charge in [-0.05, 0) is 81.9 Å². The average Bonchev–Trinajstić information content (AvgIpc) is 2.65. The van der Waals surface area contributed by atoms with E-state index in [-0.39, 0.29) is 11.7 Å². The summed E-state index contributed by atoms with van der Waals surface area (Å²) in [5.41, 5.74) is 6.73. The van der Waals surface area contributed by atoms with E-state index in [0.717, 1.165) is 33.8 Å². The monoisotopic (exact) mass is 376 g/mol. The second-order valence-corrected chi connectivity index (χ2v) is 7.25. The third-order valence-corrected chi connectivity index (χ3v) is 5.85. The number of hydrogen-bond donors (Lipinski definition) is 0. The zero-order valence-corrected chi connectivity index (χ0v) is 18.9. The highest BCUT2D eigenvalue weighted by atomic mass is 16.5. The fourth-order valence-electron chi connectivity index (χ4n) is 3.69. The van der Waals surface area contributed by atoms with E-state index in [9.17, 15) is 0 Å². The maximum Gasteiger partial charge on any atom is 0.125 e. The summed E-state index contributed by atoms with van der Waals surface area (Å²) >= 11 is 0. The molecule has 0 saturated heterocycles. The van der Waals surface area contributed by atoms with Crippen LogP contribution >= 0.6 is 0 Å². The number of hydrogen-bond acceptors (Lipinski definition) is 4. The van der Waals surface area contributed by atoms with Crippen LogP contribution < -0.4 is 9.47 Å². The predicted molar refractivity (Wildman–Crippen MR) is 112 cm³/mol. The van der Waals surface area contributed by atoms with Crippen molar-refractivity contribution in [1.82, 2.24) is 0 Å². The summed E-state index contributed by atoms with van der Waals surface area (Å²) in [7, 11) is 6.86. The molecule has 0 fully saturated rings. The second kappa shape index (κ2) is 9.43. The van der Waals surface area contributed by atoms with Crippen LogP contribution in [-0.4, -0.2) is 40.1 Å². The molecule has 0 N–H and O–H groups in total. The molecule has 2 atom stereocenters. The van der Waals surface area contributed by atoms with E-state index in [2.05, 4.69) is 60.6 Å². The van der Waals surface area contributed by atoms with E-state index in [4.69, 9.17) is 18.9 Å². The molecule has 0 amide bonds. The quantitative estimate of drug-likeness (QED) is 0.719. The lowest BCUT2D eigenvalue weighted by atomic mass is 9.82. The van der Waals surface area contributed by atoms with Gasteiger partial charge in [0.2, 0.25) is 0 Å². The predicted octanol–water partition coefficient (Wildman–Crippen LogP) is 5.25. The molecule has 0 radical (unpaired) electrons. The molecule has 1 aromatic carbocycles. The number of benzene rings is 1. The van der Waals surface area contributed by atoms with Crippen LogP contribution in [0.15, 0.2) is 23.3 Å². The third-order valence-electron chi connectivity index (χ3n) is 5.85. The molecule has 27 heavy (non-hydrogen) atoms. The standard InChI is InChI=1S/C12H18O2.C11H18O2/c1-7-8(2)12(14-6)10(4)9(3)11(7)13-5;1-8-6-7-9(2)11(3,13-5)10(8)12-4/h1-6H3;6-7,10H,1-5H3. The van der Waals surface area contributed by atoms with Gasteiger partial charge in [-0.1, -0.05) is 12.2 Å². The lowest BCUT2D eigenvalue weighted by Crippen LogP contribution is -2.45. The molecule has 1 aliphatic rings. The maximum absolute atomic E-state index is 5.53. The molecule has 152 valence electrons.